The monoisotopic (exact) mass is 220 g/mol. The molecule has 0 unspecified atom stereocenters. The fraction of sp³-hybridized carbons (Fsp3) is 0.182. The van der Waals surface area contributed by atoms with Crippen molar-refractivity contribution in [1.82, 2.24) is 10.3 Å². The third-order valence-corrected chi connectivity index (χ3v) is 1.73. The predicted molar refractivity (Wildman–Crippen MR) is 58.0 cm³/mol. The number of esters is 1. The highest BCUT2D eigenvalue weighted by Gasteiger charge is 2.10. The van der Waals surface area contributed by atoms with Crippen LogP contribution in [-0.4, -0.2) is 24.0 Å². The first-order valence-corrected chi connectivity index (χ1v) is 4.61. The predicted octanol–water partition coefficient (Wildman–Crippen LogP) is 0.732. The van der Waals surface area contributed by atoms with Gasteiger partial charge in [0.2, 0.25) is 5.91 Å². The summed E-state index contributed by atoms with van der Waals surface area (Å²) in [4.78, 5) is 26.1. The Hall–Kier alpha value is -2.17. The van der Waals surface area contributed by atoms with Gasteiger partial charge >= 0.3 is 5.97 Å². The Balaban J connectivity index is 2.96. The normalized spacial score (nSPS) is 10.8. The fourth-order valence-electron chi connectivity index (χ4n) is 1.07. The van der Waals surface area contributed by atoms with Crippen LogP contribution in [0, 0.1) is 0 Å². The smallest absolute Gasteiger partial charge is 0.354 e. The van der Waals surface area contributed by atoms with Gasteiger partial charge in [-0.25, -0.2) is 4.79 Å². The number of aromatic nitrogens is 1. The van der Waals surface area contributed by atoms with Crippen LogP contribution < -0.4 is 5.32 Å². The summed E-state index contributed by atoms with van der Waals surface area (Å²) in [7, 11) is 1.25. The number of hydrogen-bond acceptors (Lipinski definition) is 4. The van der Waals surface area contributed by atoms with E-state index in [-0.39, 0.29) is 11.6 Å². The zero-order valence-corrected chi connectivity index (χ0v) is 9.06. The van der Waals surface area contributed by atoms with E-state index in [9.17, 15) is 9.59 Å². The van der Waals surface area contributed by atoms with E-state index in [1.54, 1.807) is 24.5 Å². The molecule has 1 aromatic rings. The van der Waals surface area contributed by atoms with Gasteiger partial charge < -0.3 is 10.1 Å². The molecule has 0 fully saturated rings. The summed E-state index contributed by atoms with van der Waals surface area (Å²) >= 11 is 0. The Morgan fingerprint density at radius 1 is 1.38 bits per heavy atom. The summed E-state index contributed by atoms with van der Waals surface area (Å²) in [5.41, 5.74) is 0.852. The Kier molecular flexibility index (Phi) is 4.20. The number of rotatable bonds is 3. The van der Waals surface area contributed by atoms with Crippen molar-refractivity contribution in [2.45, 2.75) is 6.92 Å². The van der Waals surface area contributed by atoms with Gasteiger partial charge in [-0.1, -0.05) is 0 Å². The molecule has 1 amide bonds. The van der Waals surface area contributed by atoms with Gasteiger partial charge in [0, 0.05) is 19.3 Å². The molecule has 0 spiro atoms. The summed E-state index contributed by atoms with van der Waals surface area (Å²) in [6.45, 7) is 1.32. The second-order valence-corrected chi connectivity index (χ2v) is 3.01. The van der Waals surface area contributed by atoms with Gasteiger partial charge in [-0.3, -0.25) is 9.78 Å². The maximum absolute atomic E-state index is 11.3. The van der Waals surface area contributed by atoms with Crippen LogP contribution in [0.3, 0.4) is 0 Å². The molecular weight excluding hydrogens is 208 g/mol. The molecule has 0 aliphatic rings. The van der Waals surface area contributed by atoms with Gasteiger partial charge in [-0.2, -0.15) is 0 Å². The average Bonchev–Trinajstić information content (AvgIpc) is 2.28. The highest BCUT2D eigenvalue weighted by Crippen LogP contribution is 2.04. The molecule has 1 N–H and O–H groups in total. The molecule has 0 aliphatic heterocycles. The number of ether oxygens (including phenoxy) is 1. The van der Waals surface area contributed by atoms with Crippen molar-refractivity contribution in [3.05, 3.63) is 35.8 Å². The lowest BCUT2D eigenvalue weighted by molar-refractivity contribution is -0.137. The molecule has 16 heavy (non-hydrogen) atoms. The third kappa shape index (κ3) is 3.53. The lowest BCUT2D eigenvalue weighted by Crippen LogP contribution is -2.25. The molecule has 84 valence electrons. The minimum Gasteiger partial charge on any atom is -0.464 e. The van der Waals surface area contributed by atoms with Crippen molar-refractivity contribution in [2.24, 2.45) is 0 Å². The lowest BCUT2D eigenvalue weighted by atomic mass is 10.2. The first kappa shape index (κ1) is 11.9. The molecule has 0 aromatic carbocycles. The van der Waals surface area contributed by atoms with Crippen LogP contribution in [0.25, 0.3) is 6.08 Å². The first-order chi connectivity index (χ1) is 7.63. The molecule has 0 saturated carbocycles. The van der Waals surface area contributed by atoms with Crippen LogP contribution in [0.1, 0.15) is 12.5 Å². The van der Waals surface area contributed by atoms with E-state index in [0.29, 0.717) is 0 Å². The van der Waals surface area contributed by atoms with Crippen molar-refractivity contribution in [2.75, 3.05) is 7.11 Å². The highest BCUT2D eigenvalue weighted by molar-refractivity contribution is 5.97. The van der Waals surface area contributed by atoms with Crippen molar-refractivity contribution in [1.29, 1.82) is 0 Å². The second-order valence-electron chi connectivity index (χ2n) is 3.01. The zero-order valence-electron chi connectivity index (χ0n) is 9.06. The minimum absolute atomic E-state index is 0.0983. The van der Waals surface area contributed by atoms with E-state index >= 15 is 0 Å². The SMILES string of the molecule is COC(=O)/C(=C/c1ccncc1)NC(C)=O. The minimum atomic E-state index is -0.591. The third-order valence-electron chi connectivity index (χ3n) is 1.73. The number of nitrogens with zero attached hydrogens (tertiary/aromatic N) is 1. The lowest BCUT2D eigenvalue weighted by Gasteiger charge is -2.05. The number of pyridine rings is 1. The van der Waals surface area contributed by atoms with Crippen LogP contribution in [0.15, 0.2) is 30.2 Å². The van der Waals surface area contributed by atoms with Crippen LogP contribution in [0.2, 0.25) is 0 Å². The molecule has 0 aliphatic carbocycles. The topological polar surface area (TPSA) is 68.3 Å². The molecule has 5 nitrogen and oxygen atoms in total. The molecule has 5 heteroatoms. The number of hydrogen-bond donors (Lipinski definition) is 1. The van der Waals surface area contributed by atoms with Crippen LogP contribution in [0.5, 0.6) is 0 Å². The largest absolute Gasteiger partial charge is 0.464 e. The van der Waals surface area contributed by atoms with Crippen molar-refractivity contribution < 1.29 is 14.3 Å². The van der Waals surface area contributed by atoms with E-state index < -0.39 is 5.97 Å². The molecule has 0 atom stereocenters. The van der Waals surface area contributed by atoms with E-state index in [4.69, 9.17) is 0 Å². The standard InChI is InChI=1S/C11H12N2O3/c1-8(14)13-10(11(15)16-2)7-9-3-5-12-6-4-9/h3-7H,1-2H3,(H,13,14)/b10-7-. The van der Waals surface area contributed by atoms with E-state index in [1.165, 1.54) is 20.1 Å². The quantitative estimate of drug-likeness (QED) is 0.602. The van der Waals surface area contributed by atoms with Crippen LogP contribution in [0.4, 0.5) is 0 Å². The maximum atomic E-state index is 11.3. The van der Waals surface area contributed by atoms with Gasteiger partial charge in [0.05, 0.1) is 7.11 Å². The van der Waals surface area contributed by atoms with E-state index in [2.05, 4.69) is 15.0 Å². The second kappa shape index (κ2) is 5.65. The maximum Gasteiger partial charge on any atom is 0.354 e. The fourth-order valence-corrected chi connectivity index (χ4v) is 1.07. The molecule has 1 rings (SSSR count). The average molecular weight is 220 g/mol. The van der Waals surface area contributed by atoms with Crippen molar-refractivity contribution in [3.63, 3.8) is 0 Å². The van der Waals surface area contributed by atoms with Crippen LogP contribution >= 0.6 is 0 Å². The van der Waals surface area contributed by atoms with E-state index in [1.807, 2.05) is 0 Å². The Labute approximate surface area is 93.1 Å². The van der Waals surface area contributed by atoms with Crippen molar-refractivity contribution >= 4 is 18.0 Å². The molecule has 0 saturated heterocycles. The summed E-state index contributed by atoms with van der Waals surface area (Å²) in [6, 6.07) is 3.43. The number of nitrogens with one attached hydrogen (secondary N) is 1. The van der Waals surface area contributed by atoms with Crippen molar-refractivity contribution in [3.8, 4) is 0 Å². The number of carbonyl (C=O) groups is 2. The Morgan fingerprint density at radius 2 is 2.00 bits per heavy atom. The van der Waals surface area contributed by atoms with E-state index in [0.717, 1.165) is 5.56 Å². The van der Waals surface area contributed by atoms with Gasteiger partial charge in [-0.05, 0) is 23.8 Å². The summed E-state index contributed by atoms with van der Waals surface area (Å²) in [5, 5.41) is 2.41. The molecular formula is C11H12N2O3. The summed E-state index contributed by atoms with van der Waals surface area (Å²) in [5.74, 6) is -0.919. The number of methoxy groups -OCH3 is 1. The molecule has 0 radical (unpaired) electrons. The Bertz CT molecular complexity index is 412. The van der Waals surface area contributed by atoms with Crippen LogP contribution in [-0.2, 0) is 14.3 Å². The number of carbonyl (C=O) groups excluding carboxylic acids is 2. The summed E-state index contributed by atoms with van der Waals surface area (Å²) in [6.07, 6.45) is 4.71. The van der Waals surface area contributed by atoms with Gasteiger partial charge in [0.25, 0.3) is 0 Å². The summed E-state index contributed by atoms with van der Waals surface area (Å²) < 4.78 is 4.55. The van der Waals surface area contributed by atoms with Gasteiger partial charge in [0.15, 0.2) is 0 Å². The Morgan fingerprint density at radius 3 is 2.50 bits per heavy atom. The first-order valence-electron chi connectivity index (χ1n) is 4.61. The molecule has 0 bridgehead atoms. The zero-order chi connectivity index (χ0) is 12.0. The number of amides is 1. The van der Waals surface area contributed by atoms with Gasteiger partial charge in [-0.15, -0.1) is 0 Å². The van der Waals surface area contributed by atoms with Gasteiger partial charge in [0.1, 0.15) is 5.70 Å². The highest BCUT2D eigenvalue weighted by atomic mass is 16.5. The molecule has 1 heterocycles. The molecule has 1 aromatic heterocycles.